The fraction of sp³-hybridized carbons (Fsp3) is 0.774. The van der Waals surface area contributed by atoms with Crippen LogP contribution in [0, 0.1) is 0 Å². The zero-order valence-electron chi connectivity index (χ0n) is 24.1. The Balaban J connectivity index is 0. The summed E-state index contributed by atoms with van der Waals surface area (Å²) in [5.41, 5.74) is -0.0671. The van der Waals surface area contributed by atoms with Gasteiger partial charge in [0, 0.05) is 7.26 Å². The van der Waals surface area contributed by atoms with Crippen molar-refractivity contribution in [2.24, 2.45) is 0 Å². The predicted octanol–water partition coefficient (Wildman–Crippen LogP) is 7.42. The fourth-order valence-electron chi connectivity index (χ4n) is 4.74. The zero-order chi connectivity index (χ0) is 26.2. The van der Waals surface area contributed by atoms with Crippen molar-refractivity contribution in [2.75, 3.05) is 24.6 Å². The molecule has 0 aromatic heterocycles. The lowest BCUT2D eigenvalue weighted by Gasteiger charge is -2.28. The Bertz CT molecular complexity index is 602. The summed E-state index contributed by atoms with van der Waals surface area (Å²) < 4.78 is 0. The van der Waals surface area contributed by atoms with E-state index in [1.54, 1.807) is 43.2 Å². The molecule has 2 N–H and O–H groups in total. The summed E-state index contributed by atoms with van der Waals surface area (Å²) in [5, 5.41) is 17.3. The van der Waals surface area contributed by atoms with E-state index in [0.29, 0.717) is 0 Å². The van der Waals surface area contributed by atoms with E-state index in [1.165, 1.54) is 108 Å². The van der Waals surface area contributed by atoms with E-state index in [1.807, 2.05) is 0 Å². The van der Waals surface area contributed by atoms with Crippen LogP contribution in [0.1, 0.15) is 141 Å². The number of hydrogen-bond donors (Lipinski definition) is 2. The van der Waals surface area contributed by atoms with Gasteiger partial charge >= 0.3 is 5.97 Å². The monoisotopic (exact) mass is 588 g/mol. The van der Waals surface area contributed by atoms with Crippen LogP contribution in [0.3, 0.4) is 0 Å². The number of unbranched alkanes of at least 4 members (excludes halogenated alkanes) is 12. The van der Waals surface area contributed by atoms with E-state index in [2.05, 4.69) is 27.7 Å². The summed E-state index contributed by atoms with van der Waals surface area (Å²) in [7, 11) is -0.620. The molecule has 1 aromatic carbocycles. The van der Waals surface area contributed by atoms with Crippen LogP contribution in [0.5, 0.6) is 5.75 Å². The van der Waals surface area contributed by atoms with Gasteiger partial charge in [-0.1, -0.05) is 110 Å². The number of para-hydroxylation sites is 1. The Labute approximate surface area is 235 Å². The van der Waals surface area contributed by atoms with Gasteiger partial charge < -0.3 is 27.2 Å². The second kappa shape index (κ2) is 26.0. The third kappa shape index (κ3) is 19.5. The Hall–Kier alpha value is -0.600. The normalized spacial score (nSPS) is 10.9. The van der Waals surface area contributed by atoms with Crippen molar-refractivity contribution in [2.45, 2.75) is 130 Å². The highest BCUT2D eigenvalue weighted by Gasteiger charge is 2.34. The quantitative estimate of drug-likeness (QED) is 0.116. The molecule has 0 amide bonds. The molecule has 0 aliphatic rings. The SMILES string of the molecule is CCCCCCCCCCCC[P+](CCCC)(CCCC)CCCC.O=C(O)c1ccccc1O.[Br-]. The molecule has 0 spiro atoms. The Morgan fingerprint density at radius 1 is 0.611 bits per heavy atom. The van der Waals surface area contributed by atoms with Gasteiger partial charge in [-0.05, 0) is 44.2 Å². The van der Waals surface area contributed by atoms with Crippen LogP contribution in [0.15, 0.2) is 24.3 Å². The molecule has 0 aliphatic carbocycles. The number of aromatic hydroxyl groups is 1. The van der Waals surface area contributed by atoms with Crippen LogP contribution >= 0.6 is 7.26 Å². The van der Waals surface area contributed by atoms with E-state index < -0.39 is 13.2 Å². The van der Waals surface area contributed by atoms with Crippen molar-refractivity contribution in [3.8, 4) is 5.75 Å². The summed E-state index contributed by atoms with van der Waals surface area (Å²) in [4.78, 5) is 10.3. The lowest BCUT2D eigenvalue weighted by atomic mass is 10.1. The number of rotatable bonds is 21. The molecule has 0 heterocycles. The van der Waals surface area contributed by atoms with Gasteiger partial charge in [0.05, 0.1) is 24.6 Å². The largest absolute Gasteiger partial charge is 1.00 e. The lowest BCUT2D eigenvalue weighted by Crippen LogP contribution is -3.00. The Morgan fingerprint density at radius 3 is 1.33 bits per heavy atom. The molecule has 36 heavy (non-hydrogen) atoms. The highest BCUT2D eigenvalue weighted by atomic mass is 79.9. The minimum atomic E-state index is -1.11. The van der Waals surface area contributed by atoms with Crippen molar-refractivity contribution in [1.82, 2.24) is 0 Å². The van der Waals surface area contributed by atoms with Gasteiger partial charge in [-0.25, -0.2) is 4.79 Å². The van der Waals surface area contributed by atoms with Gasteiger partial charge in [0.25, 0.3) is 0 Å². The molecule has 1 rings (SSSR count). The molecule has 0 fully saturated rings. The standard InChI is InChI=1S/C24H52P.C7H6O3.BrH/c1-5-9-13-14-15-16-17-18-19-20-24-25(21-10-6-2,22-11-7-3)23-12-8-4;8-6-4-2-1-3-5(6)7(9)10;/h5-24H2,1-4H3;1-4,8H,(H,9,10);1H/q+1;;/p-1. The van der Waals surface area contributed by atoms with Crippen LogP contribution in [0.25, 0.3) is 0 Å². The zero-order valence-corrected chi connectivity index (χ0v) is 26.6. The average Bonchev–Trinajstić information content (AvgIpc) is 2.86. The maximum absolute atomic E-state index is 10.3. The van der Waals surface area contributed by atoms with Crippen LogP contribution in [-0.2, 0) is 0 Å². The van der Waals surface area contributed by atoms with E-state index in [4.69, 9.17) is 10.2 Å². The Kier molecular flexibility index (Phi) is 27.1. The summed E-state index contributed by atoms with van der Waals surface area (Å²) in [6, 6.07) is 5.81. The Morgan fingerprint density at radius 2 is 0.972 bits per heavy atom. The number of benzene rings is 1. The molecule has 0 radical (unpaired) electrons. The van der Waals surface area contributed by atoms with Gasteiger partial charge in [-0.3, -0.25) is 0 Å². The molecule has 0 saturated heterocycles. The second-order valence-corrected chi connectivity index (χ2v) is 14.8. The van der Waals surface area contributed by atoms with Gasteiger partial charge in [-0.2, -0.15) is 0 Å². The summed E-state index contributed by atoms with van der Waals surface area (Å²) in [6.45, 7) is 9.46. The van der Waals surface area contributed by atoms with Crippen LogP contribution < -0.4 is 17.0 Å². The first-order valence-electron chi connectivity index (χ1n) is 14.8. The van der Waals surface area contributed by atoms with E-state index in [0.717, 1.165) is 0 Å². The first-order valence-corrected chi connectivity index (χ1v) is 17.4. The third-order valence-electron chi connectivity index (χ3n) is 7.08. The third-order valence-corrected chi connectivity index (χ3v) is 12.1. The van der Waals surface area contributed by atoms with Gasteiger partial charge in [0.2, 0.25) is 0 Å². The number of halogens is 1. The summed E-state index contributed by atoms with van der Waals surface area (Å²) >= 11 is 0. The molecule has 0 aliphatic heterocycles. The minimum absolute atomic E-state index is 0. The highest BCUT2D eigenvalue weighted by Crippen LogP contribution is 2.61. The van der Waals surface area contributed by atoms with Crippen molar-refractivity contribution in [3.05, 3.63) is 29.8 Å². The molecule has 1 aromatic rings. The molecular weight excluding hydrogens is 531 g/mol. The van der Waals surface area contributed by atoms with E-state index in [-0.39, 0.29) is 28.3 Å². The number of hydrogen-bond acceptors (Lipinski definition) is 2. The maximum atomic E-state index is 10.3. The van der Waals surface area contributed by atoms with Crippen LogP contribution in [0.2, 0.25) is 0 Å². The molecular formula is C31H58BrO3P. The number of carbonyl (C=O) groups is 1. The number of phenols is 1. The number of carboxylic acids is 1. The van der Waals surface area contributed by atoms with Crippen molar-refractivity contribution in [3.63, 3.8) is 0 Å². The predicted molar refractivity (Wildman–Crippen MR) is 158 cm³/mol. The topological polar surface area (TPSA) is 57.5 Å². The molecule has 212 valence electrons. The summed E-state index contributed by atoms with van der Waals surface area (Å²) in [5.74, 6) is -1.31. The first-order chi connectivity index (χ1) is 17.0. The van der Waals surface area contributed by atoms with Gasteiger partial charge in [-0.15, -0.1) is 0 Å². The van der Waals surface area contributed by atoms with Crippen LogP contribution in [0.4, 0.5) is 0 Å². The van der Waals surface area contributed by atoms with Crippen molar-refractivity contribution in [1.29, 1.82) is 0 Å². The smallest absolute Gasteiger partial charge is 0.339 e. The molecule has 0 atom stereocenters. The molecule has 5 heteroatoms. The van der Waals surface area contributed by atoms with Gasteiger partial charge in [0.15, 0.2) is 0 Å². The maximum Gasteiger partial charge on any atom is 0.339 e. The summed E-state index contributed by atoms with van der Waals surface area (Å²) in [6.07, 6.45) is 30.0. The molecule has 0 unspecified atom stereocenters. The fourth-order valence-corrected chi connectivity index (χ4v) is 9.94. The average molecular weight is 590 g/mol. The first kappa shape index (κ1) is 37.6. The van der Waals surface area contributed by atoms with E-state index >= 15 is 0 Å². The number of carboxylic acid groups (broad SMARTS) is 1. The van der Waals surface area contributed by atoms with E-state index in [9.17, 15) is 4.79 Å². The van der Waals surface area contributed by atoms with Crippen molar-refractivity contribution >= 4 is 13.2 Å². The van der Waals surface area contributed by atoms with Crippen LogP contribution in [-0.4, -0.2) is 40.8 Å². The molecule has 3 nitrogen and oxygen atoms in total. The highest BCUT2D eigenvalue weighted by molar-refractivity contribution is 7.75. The number of aromatic carboxylic acids is 1. The molecule has 0 saturated carbocycles. The van der Waals surface area contributed by atoms with Gasteiger partial charge in [0.1, 0.15) is 11.3 Å². The minimum Gasteiger partial charge on any atom is -1.00 e. The van der Waals surface area contributed by atoms with Crippen molar-refractivity contribution < 1.29 is 32.0 Å². The molecule has 0 bridgehead atoms. The lowest BCUT2D eigenvalue weighted by molar-refractivity contribution is -0.0000249. The second-order valence-electron chi connectivity index (χ2n) is 10.3.